The van der Waals surface area contributed by atoms with Crippen molar-refractivity contribution in [2.75, 3.05) is 0 Å². The van der Waals surface area contributed by atoms with Crippen LogP contribution >= 0.6 is 0 Å². The number of hydrogen-bond donors (Lipinski definition) is 0. The minimum absolute atomic E-state index is 0.0558. The summed E-state index contributed by atoms with van der Waals surface area (Å²) in [6.45, 7) is 1.57. The molecule has 0 saturated carbocycles. The van der Waals surface area contributed by atoms with Crippen molar-refractivity contribution in [2.45, 2.75) is 6.92 Å². The predicted octanol–water partition coefficient (Wildman–Crippen LogP) is 3.20. The molecule has 88 valence electrons. The van der Waals surface area contributed by atoms with E-state index in [9.17, 15) is 4.79 Å². The van der Waals surface area contributed by atoms with Crippen LogP contribution in [-0.4, -0.2) is 15.2 Å². The molecular weight excluding hydrogens is 224 g/mol. The van der Waals surface area contributed by atoms with Crippen LogP contribution in [0, 0.1) is 0 Å². The number of aromatic nitrogens is 2. The molecule has 2 aromatic heterocycles. The third-order valence-corrected chi connectivity index (χ3v) is 2.99. The normalized spacial score (nSPS) is 10.7. The first-order valence-electron chi connectivity index (χ1n) is 5.80. The Morgan fingerprint density at radius 3 is 2.61 bits per heavy atom. The van der Waals surface area contributed by atoms with Gasteiger partial charge in [0.05, 0.1) is 16.9 Å². The Morgan fingerprint density at radius 2 is 1.89 bits per heavy atom. The van der Waals surface area contributed by atoms with Crippen molar-refractivity contribution in [3.05, 3.63) is 60.6 Å². The quantitative estimate of drug-likeness (QED) is 0.640. The topological polar surface area (TPSA) is 34.4 Å². The standard InChI is InChI=1S/C15H12N2O/c1-11(18)13-7-8-14-15(16-9-10-17(13)14)12-5-3-2-4-6-12/h2-10H,1H3. The smallest absolute Gasteiger partial charge is 0.176 e. The highest BCUT2D eigenvalue weighted by Gasteiger charge is 2.10. The van der Waals surface area contributed by atoms with Gasteiger partial charge in [0.2, 0.25) is 0 Å². The van der Waals surface area contributed by atoms with Gasteiger partial charge in [-0.3, -0.25) is 9.78 Å². The largest absolute Gasteiger partial charge is 0.310 e. The van der Waals surface area contributed by atoms with Crippen molar-refractivity contribution in [2.24, 2.45) is 0 Å². The van der Waals surface area contributed by atoms with E-state index in [4.69, 9.17) is 0 Å². The molecule has 0 fully saturated rings. The van der Waals surface area contributed by atoms with Crippen LogP contribution in [0.25, 0.3) is 16.8 Å². The van der Waals surface area contributed by atoms with Crippen molar-refractivity contribution in [3.63, 3.8) is 0 Å². The van der Waals surface area contributed by atoms with E-state index >= 15 is 0 Å². The molecule has 0 aliphatic rings. The van der Waals surface area contributed by atoms with E-state index in [0.29, 0.717) is 5.69 Å². The molecule has 3 nitrogen and oxygen atoms in total. The second-order valence-corrected chi connectivity index (χ2v) is 4.17. The second kappa shape index (κ2) is 4.11. The maximum Gasteiger partial charge on any atom is 0.176 e. The molecule has 2 heterocycles. The van der Waals surface area contributed by atoms with Crippen molar-refractivity contribution in [3.8, 4) is 11.3 Å². The van der Waals surface area contributed by atoms with Crippen LogP contribution in [0.4, 0.5) is 0 Å². The lowest BCUT2D eigenvalue weighted by atomic mass is 10.1. The van der Waals surface area contributed by atoms with Gasteiger partial charge in [-0.1, -0.05) is 30.3 Å². The van der Waals surface area contributed by atoms with E-state index < -0.39 is 0 Å². The molecule has 0 unspecified atom stereocenters. The van der Waals surface area contributed by atoms with Gasteiger partial charge in [-0.25, -0.2) is 0 Å². The number of fused-ring (bicyclic) bond motifs is 1. The average Bonchev–Trinajstić information content (AvgIpc) is 2.83. The zero-order valence-electron chi connectivity index (χ0n) is 10.00. The molecule has 0 bridgehead atoms. The van der Waals surface area contributed by atoms with Crippen molar-refractivity contribution in [1.29, 1.82) is 0 Å². The SMILES string of the molecule is CC(=O)c1ccc2c(-c3ccccc3)nccn12. The summed E-state index contributed by atoms with van der Waals surface area (Å²) >= 11 is 0. The predicted molar refractivity (Wildman–Crippen MR) is 70.6 cm³/mol. The van der Waals surface area contributed by atoms with E-state index in [1.807, 2.05) is 53.1 Å². The lowest BCUT2D eigenvalue weighted by Crippen LogP contribution is -1.99. The molecule has 0 radical (unpaired) electrons. The lowest BCUT2D eigenvalue weighted by Gasteiger charge is -2.05. The van der Waals surface area contributed by atoms with E-state index in [1.165, 1.54) is 0 Å². The monoisotopic (exact) mass is 236 g/mol. The molecule has 0 atom stereocenters. The number of carbonyl (C=O) groups is 1. The second-order valence-electron chi connectivity index (χ2n) is 4.17. The molecule has 3 rings (SSSR count). The van der Waals surface area contributed by atoms with Crippen LogP contribution < -0.4 is 0 Å². The number of benzene rings is 1. The molecule has 0 N–H and O–H groups in total. The van der Waals surface area contributed by atoms with Gasteiger partial charge >= 0.3 is 0 Å². The molecule has 0 aliphatic carbocycles. The Hall–Kier alpha value is -2.42. The van der Waals surface area contributed by atoms with Crippen molar-refractivity contribution in [1.82, 2.24) is 9.38 Å². The maximum absolute atomic E-state index is 11.5. The minimum atomic E-state index is 0.0558. The summed E-state index contributed by atoms with van der Waals surface area (Å²) in [5.41, 5.74) is 3.58. The van der Waals surface area contributed by atoms with Crippen LogP contribution in [0.2, 0.25) is 0 Å². The number of ketones is 1. The fourth-order valence-corrected chi connectivity index (χ4v) is 2.15. The highest BCUT2D eigenvalue weighted by molar-refractivity contribution is 5.95. The van der Waals surface area contributed by atoms with E-state index in [2.05, 4.69) is 4.98 Å². The highest BCUT2D eigenvalue weighted by Crippen LogP contribution is 2.23. The van der Waals surface area contributed by atoms with Gasteiger partial charge in [-0.2, -0.15) is 0 Å². The number of carbonyl (C=O) groups excluding carboxylic acids is 1. The average molecular weight is 236 g/mol. The van der Waals surface area contributed by atoms with Gasteiger partial charge in [0.1, 0.15) is 0 Å². The Balaban J connectivity index is 2.29. The number of nitrogens with zero attached hydrogens (tertiary/aromatic N) is 2. The van der Waals surface area contributed by atoms with Crippen LogP contribution in [0.5, 0.6) is 0 Å². The molecule has 1 aromatic carbocycles. The van der Waals surface area contributed by atoms with E-state index in [0.717, 1.165) is 16.8 Å². The maximum atomic E-state index is 11.5. The summed E-state index contributed by atoms with van der Waals surface area (Å²) in [5, 5.41) is 0. The molecule has 0 saturated heterocycles. The molecule has 3 heteroatoms. The Morgan fingerprint density at radius 1 is 1.11 bits per heavy atom. The van der Waals surface area contributed by atoms with Gasteiger partial charge in [-0.05, 0) is 12.1 Å². The van der Waals surface area contributed by atoms with Crippen molar-refractivity contribution < 1.29 is 4.79 Å². The Bertz CT molecular complexity index is 714. The van der Waals surface area contributed by atoms with Gasteiger partial charge in [0.15, 0.2) is 5.78 Å². The van der Waals surface area contributed by atoms with E-state index in [1.54, 1.807) is 13.1 Å². The molecule has 3 aromatic rings. The zero-order chi connectivity index (χ0) is 12.5. The van der Waals surface area contributed by atoms with Gasteiger partial charge < -0.3 is 4.40 Å². The molecule has 18 heavy (non-hydrogen) atoms. The summed E-state index contributed by atoms with van der Waals surface area (Å²) in [7, 11) is 0. The van der Waals surface area contributed by atoms with Crippen LogP contribution in [0.3, 0.4) is 0 Å². The highest BCUT2D eigenvalue weighted by atomic mass is 16.1. The summed E-state index contributed by atoms with van der Waals surface area (Å²) in [5.74, 6) is 0.0558. The zero-order valence-corrected chi connectivity index (χ0v) is 10.00. The van der Waals surface area contributed by atoms with Gasteiger partial charge in [0.25, 0.3) is 0 Å². The number of hydrogen-bond acceptors (Lipinski definition) is 2. The summed E-state index contributed by atoms with van der Waals surface area (Å²) in [6.07, 6.45) is 3.54. The summed E-state index contributed by atoms with van der Waals surface area (Å²) in [6, 6.07) is 13.7. The summed E-state index contributed by atoms with van der Waals surface area (Å²) < 4.78 is 1.89. The summed E-state index contributed by atoms with van der Waals surface area (Å²) in [4.78, 5) is 15.9. The number of Topliss-reactive ketones (excluding diaryl/α,β-unsaturated/α-hetero) is 1. The molecule has 0 spiro atoms. The fraction of sp³-hybridized carbons (Fsp3) is 0.0667. The van der Waals surface area contributed by atoms with Crippen LogP contribution in [0.15, 0.2) is 54.9 Å². The molecule has 0 aliphatic heterocycles. The first kappa shape index (κ1) is 10.7. The van der Waals surface area contributed by atoms with Gasteiger partial charge in [0, 0.05) is 24.9 Å². The third-order valence-electron chi connectivity index (χ3n) is 2.99. The number of rotatable bonds is 2. The van der Waals surface area contributed by atoms with Gasteiger partial charge in [-0.15, -0.1) is 0 Å². The fourth-order valence-electron chi connectivity index (χ4n) is 2.15. The third kappa shape index (κ3) is 1.61. The first-order chi connectivity index (χ1) is 8.77. The van der Waals surface area contributed by atoms with E-state index in [-0.39, 0.29) is 5.78 Å². The Labute approximate surface area is 105 Å². The lowest BCUT2D eigenvalue weighted by molar-refractivity contribution is 0.101. The van der Waals surface area contributed by atoms with Crippen LogP contribution in [0.1, 0.15) is 17.4 Å². The molecule has 0 amide bonds. The molecular formula is C15H12N2O. The van der Waals surface area contributed by atoms with Crippen LogP contribution in [-0.2, 0) is 0 Å². The first-order valence-corrected chi connectivity index (χ1v) is 5.80. The Kier molecular flexibility index (Phi) is 2.45. The van der Waals surface area contributed by atoms with Crippen molar-refractivity contribution >= 4 is 11.3 Å². The minimum Gasteiger partial charge on any atom is -0.310 e.